The zero-order valence-electron chi connectivity index (χ0n) is 11.3. The Morgan fingerprint density at radius 2 is 2.15 bits per heavy atom. The van der Waals surface area contributed by atoms with E-state index in [9.17, 15) is 9.59 Å². The van der Waals surface area contributed by atoms with E-state index in [1.54, 1.807) is 32.0 Å². The summed E-state index contributed by atoms with van der Waals surface area (Å²) in [4.78, 5) is 25.5. The second-order valence-corrected chi connectivity index (χ2v) is 5.95. The van der Waals surface area contributed by atoms with Gasteiger partial charge in [0.2, 0.25) is 5.91 Å². The molecular weight excluding hydrogens is 280 g/mol. The van der Waals surface area contributed by atoms with Crippen molar-refractivity contribution in [1.29, 1.82) is 0 Å². The highest BCUT2D eigenvalue weighted by molar-refractivity contribution is 6.31. The fraction of sp³-hybridized carbons (Fsp3) is 0.429. The summed E-state index contributed by atoms with van der Waals surface area (Å²) in [6, 6.07) is 5.32. The lowest BCUT2D eigenvalue weighted by Crippen LogP contribution is -2.64. The van der Waals surface area contributed by atoms with Gasteiger partial charge in [0.1, 0.15) is 5.41 Å². The second kappa shape index (κ2) is 4.38. The van der Waals surface area contributed by atoms with Gasteiger partial charge in [0.25, 0.3) is 0 Å². The van der Waals surface area contributed by atoms with E-state index in [1.165, 1.54) is 4.90 Å². The first-order chi connectivity index (χ1) is 9.42. The average Bonchev–Trinajstić information content (AvgIpc) is 2.57. The quantitative estimate of drug-likeness (QED) is 0.865. The van der Waals surface area contributed by atoms with Crippen molar-refractivity contribution in [2.45, 2.75) is 25.4 Å². The van der Waals surface area contributed by atoms with E-state index in [-0.39, 0.29) is 18.1 Å². The second-order valence-electron chi connectivity index (χ2n) is 5.51. The number of amides is 2. The molecule has 2 aliphatic heterocycles. The molecule has 6 heteroatoms. The Labute approximate surface area is 121 Å². The number of rotatable bonds is 1. The van der Waals surface area contributed by atoms with Crippen molar-refractivity contribution < 1.29 is 14.3 Å². The largest absolute Gasteiger partial charge is 0.447 e. The van der Waals surface area contributed by atoms with Crippen LogP contribution in [0.5, 0.6) is 0 Å². The molecule has 1 fully saturated rings. The predicted molar refractivity (Wildman–Crippen MR) is 74.9 cm³/mol. The molecule has 1 spiro atoms. The molecule has 0 unspecified atom stereocenters. The normalized spacial score (nSPS) is 18.8. The average molecular weight is 295 g/mol. The Morgan fingerprint density at radius 3 is 2.80 bits per heavy atom. The summed E-state index contributed by atoms with van der Waals surface area (Å²) in [7, 11) is 0. The zero-order chi connectivity index (χ0) is 14.5. The van der Waals surface area contributed by atoms with Crippen molar-refractivity contribution in [3.05, 3.63) is 28.8 Å². The van der Waals surface area contributed by atoms with Gasteiger partial charge in [0.05, 0.1) is 6.10 Å². The molecule has 0 atom stereocenters. The molecule has 0 saturated carbocycles. The van der Waals surface area contributed by atoms with Gasteiger partial charge in [-0.3, -0.25) is 4.79 Å². The lowest BCUT2D eigenvalue weighted by Gasteiger charge is -2.45. The molecule has 2 amide bonds. The van der Waals surface area contributed by atoms with E-state index < -0.39 is 5.41 Å². The molecule has 0 radical (unpaired) electrons. The van der Waals surface area contributed by atoms with Crippen molar-refractivity contribution in [2.75, 3.05) is 18.4 Å². The monoisotopic (exact) mass is 294 g/mol. The number of fused-ring (bicyclic) bond motifs is 2. The maximum Gasteiger partial charge on any atom is 0.410 e. The topological polar surface area (TPSA) is 58.6 Å². The number of benzene rings is 1. The van der Waals surface area contributed by atoms with Gasteiger partial charge in [-0.1, -0.05) is 11.6 Å². The first kappa shape index (κ1) is 13.2. The van der Waals surface area contributed by atoms with E-state index in [4.69, 9.17) is 16.3 Å². The molecule has 3 rings (SSSR count). The third kappa shape index (κ3) is 1.85. The summed E-state index contributed by atoms with van der Waals surface area (Å²) in [6.07, 6.45) is -0.549. The van der Waals surface area contributed by atoms with Crippen molar-refractivity contribution in [1.82, 2.24) is 4.90 Å². The molecule has 2 heterocycles. The summed E-state index contributed by atoms with van der Waals surface area (Å²) in [5.74, 6) is -0.0802. The summed E-state index contributed by atoms with van der Waals surface area (Å²) in [5.41, 5.74) is 0.968. The molecule has 0 bridgehead atoms. The number of anilines is 1. The number of likely N-dealkylation sites (tertiary alicyclic amines) is 1. The molecule has 1 aromatic rings. The van der Waals surface area contributed by atoms with Gasteiger partial charge >= 0.3 is 6.09 Å². The highest BCUT2D eigenvalue weighted by Crippen LogP contribution is 2.45. The minimum atomic E-state index is -0.670. The van der Waals surface area contributed by atoms with Gasteiger partial charge in [-0.2, -0.15) is 0 Å². The van der Waals surface area contributed by atoms with Gasteiger partial charge in [0.15, 0.2) is 0 Å². The van der Waals surface area contributed by atoms with Gasteiger partial charge in [0, 0.05) is 23.8 Å². The minimum absolute atomic E-state index is 0.0802. The number of halogens is 1. The number of ether oxygens (including phenoxy) is 1. The number of nitrogens with one attached hydrogen (secondary N) is 1. The summed E-state index contributed by atoms with van der Waals surface area (Å²) >= 11 is 6.00. The number of carbonyl (C=O) groups is 2. The first-order valence-corrected chi connectivity index (χ1v) is 6.87. The number of carbonyl (C=O) groups excluding carboxylic acids is 2. The summed E-state index contributed by atoms with van der Waals surface area (Å²) < 4.78 is 5.13. The Balaban J connectivity index is 1.82. The van der Waals surface area contributed by atoms with E-state index in [0.717, 1.165) is 11.3 Å². The third-order valence-corrected chi connectivity index (χ3v) is 3.93. The smallest absolute Gasteiger partial charge is 0.410 e. The summed E-state index contributed by atoms with van der Waals surface area (Å²) in [6.45, 7) is 4.26. The van der Waals surface area contributed by atoms with Crippen LogP contribution in [0.15, 0.2) is 18.2 Å². The molecule has 5 nitrogen and oxygen atoms in total. The first-order valence-electron chi connectivity index (χ1n) is 6.49. The van der Waals surface area contributed by atoms with Crippen LogP contribution in [0, 0.1) is 0 Å². The van der Waals surface area contributed by atoms with Gasteiger partial charge in [-0.25, -0.2) is 4.79 Å². The van der Waals surface area contributed by atoms with Crippen LogP contribution in [0.2, 0.25) is 5.02 Å². The van der Waals surface area contributed by atoms with E-state index >= 15 is 0 Å². The number of hydrogen-bond donors (Lipinski definition) is 1. The van der Waals surface area contributed by atoms with Crippen molar-refractivity contribution in [3.8, 4) is 0 Å². The molecular formula is C14H15ClN2O3. The van der Waals surface area contributed by atoms with Crippen molar-refractivity contribution in [2.24, 2.45) is 0 Å². The molecule has 106 valence electrons. The molecule has 1 aromatic carbocycles. The maximum absolute atomic E-state index is 12.2. The van der Waals surface area contributed by atoms with Gasteiger partial charge in [-0.15, -0.1) is 0 Å². The van der Waals surface area contributed by atoms with Crippen LogP contribution in [-0.2, 0) is 14.9 Å². The molecule has 20 heavy (non-hydrogen) atoms. The standard InChI is InChI=1S/C14H15ClN2O3/c1-8(2)20-13(19)17-6-14(7-17)10-5-9(15)3-4-11(10)16-12(14)18/h3-5,8H,6-7H2,1-2H3,(H,16,18). The van der Waals surface area contributed by atoms with Crippen LogP contribution in [0.1, 0.15) is 19.4 Å². The lowest BCUT2D eigenvalue weighted by molar-refractivity contribution is -0.126. The molecule has 0 aliphatic carbocycles. The molecule has 1 saturated heterocycles. The SMILES string of the molecule is CC(C)OC(=O)N1CC2(C1)C(=O)Nc1ccc(Cl)cc12. The summed E-state index contributed by atoms with van der Waals surface area (Å²) in [5, 5.41) is 3.43. The Hall–Kier alpha value is -1.75. The van der Waals surface area contributed by atoms with Crippen molar-refractivity contribution in [3.63, 3.8) is 0 Å². The van der Waals surface area contributed by atoms with E-state index in [0.29, 0.717) is 18.1 Å². The van der Waals surface area contributed by atoms with E-state index in [2.05, 4.69) is 5.32 Å². The minimum Gasteiger partial charge on any atom is -0.447 e. The van der Waals surface area contributed by atoms with Gasteiger partial charge < -0.3 is 15.0 Å². The van der Waals surface area contributed by atoms with Crippen LogP contribution >= 0.6 is 11.6 Å². The highest BCUT2D eigenvalue weighted by atomic mass is 35.5. The van der Waals surface area contributed by atoms with Crippen LogP contribution in [0.25, 0.3) is 0 Å². The van der Waals surface area contributed by atoms with Crippen LogP contribution in [0.3, 0.4) is 0 Å². The van der Waals surface area contributed by atoms with E-state index in [1.807, 2.05) is 0 Å². The van der Waals surface area contributed by atoms with Crippen LogP contribution in [-0.4, -0.2) is 36.1 Å². The van der Waals surface area contributed by atoms with Crippen molar-refractivity contribution >= 4 is 29.3 Å². The molecule has 0 aromatic heterocycles. The lowest BCUT2D eigenvalue weighted by atomic mass is 9.75. The molecule has 2 aliphatic rings. The third-order valence-electron chi connectivity index (χ3n) is 3.70. The Morgan fingerprint density at radius 1 is 1.45 bits per heavy atom. The fourth-order valence-electron chi connectivity index (χ4n) is 2.71. The maximum atomic E-state index is 12.2. The Kier molecular flexibility index (Phi) is 2.90. The van der Waals surface area contributed by atoms with Gasteiger partial charge in [-0.05, 0) is 37.6 Å². The van der Waals surface area contributed by atoms with Crippen LogP contribution in [0.4, 0.5) is 10.5 Å². The highest BCUT2D eigenvalue weighted by Gasteiger charge is 2.57. The fourth-order valence-corrected chi connectivity index (χ4v) is 2.88. The zero-order valence-corrected chi connectivity index (χ0v) is 12.0. The number of nitrogens with zero attached hydrogens (tertiary/aromatic N) is 1. The van der Waals surface area contributed by atoms with Crippen LogP contribution < -0.4 is 5.32 Å². The Bertz CT molecular complexity index is 594. The number of hydrogen-bond acceptors (Lipinski definition) is 3. The molecule has 1 N–H and O–H groups in total. The predicted octanol–water partition coefficient (Wildman–Crippen LogP) is 2.39.